The fourth-order valence-corrected chi connectivity index (χ4v) is 2.39. The molecule has 0 saturated carbocycles. The van der Waals surface area contributed by atoms with Crippen LogP contribution in [0, 0.1) is 0 Å². The second-order valence-corrected chi connectivity index (χ2v) is 6.20. The van der Waals surface area contributed by atoms with Crippen molar-refractivity contribution in [3.8, 4) is 0 Å². The number of nitrogens with zero attached hydrogens (tertiary/aromatic N) is 6. The molecule has 26 heavy (non-hydrogen) atoms. The van der Waals surface area contributed by atoms with Gasteiger partial charge < -0.3 is 14.6 Å². The molecule has 0 fully saturated rings. The summed E-state index contributed by atoms with van der Waals surface area (Å²) in [7, 11) is -1.49. The van der Waals surface area contributed by atoms with Crippen LogP contribution in [0.15, 0.2) is 11.4 Å². The molecule has 1 aromatic rings. The van der Waals surface area contributed by atoms with E-state index in [0.717, 1.165) is 0 Å². The van der Waals surface area contributed by atoms with Gasteiger partial charge in [-0.1, -0.05) is 5.16 Å². The van der Waals surface area contributed by atoms with Gasteiger partial charge in [0.05, 0.1) is 18.4 Å². The van der Waals surface area contributed by atoms with Gasteiger partial charge in [-0.2, -0.15) is 13.5 Å². The van der Waals surface area contributed by atoms with Gasteiger partial charge in [0.25, 0.3) is 5.91 Å². The number of hydrogen-bond donors (Lipinski definition) is 1. The molecule has 0 aromatic carbocycles. The van der Waals surface area contributed by atoms with Crippen molar-refractivity contribution in [2.45, 2.75) is 13.5 Å². The summed E-state index contributed by atoms with van der Waals surface area (Å²) in [5.41, 5.74) is 0.810. The first-order chi connectivity index (χ1) is 12.1. The normalized spacial score (nSPS) is 16.8. The summed E-state index contributed by atoms with van der Waals surface area (Å²) in [6.07, 6.45) is 2.64. The highest BCUT2D eigenvalue weighted by Crippen LogP contribution is 2.28. The highest BCUT2D eigenvalue weighted by Gasteiger charge is 2.35. The van der Waals surface area contributed by atoms with Crippen LogP contribution in [-0.2, 0) is 37.9 Å². The average molecular weight is 390 g/mol. The van der Waals surface area contributed by atoms with Crippen LogP contribution in [0.1, 0.15) is 12.6 Å². The minimum absolute atomic E-state index is 0.0625. The van der Waals surface area contributed by atoms with E-state index in [2.05, 4.69) is 19.4 Å². The summed E-state index contributed by atoms with van der Waals surface area (Å²) in [5.74, 6) is -0.0694. The summed E-state index contributed by atoms with van der Waals surface area (Å²) in [4.78, 5) is 29.6. The van der Waals surface area contributed by atoms with E-state index in [9.17, 15) is 18.0 Å². The summed E-state index contributed by atoms with van der Waals surface area (Å²) < 4.78 is 36.0. The molecule has 2 aliphatic rings. The molecule has 0 radical (unpaired) electrons. The molecular weight excluding hydrogens is 372 g/mol. The molecule has 0 spiro atoms. The Kier molecular flexibility index (Phi) is 5.79. The Hall–Kier alpha value is -2.71. The van der Waals surface area contributed by atoms with Crippen LogP contribution < -0.4 is 5.06 Å². The minimum Gasteiger partial charge on any atom is -0.384 e. The first-order valence-corrected chi connectivity index (χ1v) is 8.68. The molecule has 0 aliphatic carbocycles. The third kappa shape index (κ3) is 4.47. The highest BCUT2D eigenvalue weighted by atomic mass is 32.3. The van der Waals surface area contributed by atoms with Crippen molar-refractivity contribution in [2.75, 3.05) is 25.3 Å². The van der Waals surface area contributed by atoms with Gasteiger partial charge in [0.15, 0.2) is 6.61 Å². The highest BCUT2D eigenvalue weighted by molar-refractivity contribution is 7.81. The Balaban J connectivity index is 0.000000254. The summed E-state index contributed by atoms with van der Waals surface area (Å²) in [5, 5.41) is 7.83. The van der Waals surface area contributed by atoms with E-state index in [4.69, 9.17) is 4.55 Å². The molecule has 3 heterocycles. The van der Waals surface area contributed by atoms with Gasteiger partial charge in [0.2, 0.25) is 0 Å². The minimum atomic E-state index is -4.78. The summed E-state index contributed by atoms with van der Waals surface area (Å²) >= 11 is 0. The van der Waals surface area contributed by atoms with Crippen LogP contribution in [0.2, 0.25) is 0 Å². The number of hydrogen-bond acceptors (Lipinski definition) is 8. The van der Waals surface area contributed by atoms with Crippen LogP contribution in [0.3, 0.4) is 0 Å². The number of carbonyl (C=O) groups excluding carboxylic acids is 2. The monoisotopic (exact) mass is 390 g/mol. The number of amides is 3. The number of urea groups is 1. The fraction of sp³-hybridized carbons (Fsp3) is 0.500. The lowest BCUT2D eigenvalue weighted by molar-refractivity contribution is -0.132. The smallest absolute Gasteiger partial charge is 0.384 e. The fourth-order valence-electron chi connectivity index (χ4n) is 2.06. The quantitative estimate of drug-likeness (QED) is 0.669. The van der Waals surface area contributed by atoms with Gasteiger partial charge in [0.1, 0.15) is 12.0 Å². The van der Waals surface area contributed by atoms with Crippen molar-refractivity contribution in [1.82, 2.24) is 19.6 Å². The Morgan fingerprint density at radius 1 is 1.35 bits per heavy atom. The molecule has 13 nitrogen and oxygen atoms in total. The van der Waals surface area contributed by atoms with Gasteiger partial charge in [-0.15, -0.1) is 9.35 Å². The Labute approximate surface area is 149 Å². The summed E-state index contributed by atoms with van der Waals surface area (Å²) in [6.45, 7) is 2.47. The van der Waals surface area contributed by atoms with Crippen molar-refractivity contribution in [3.05, 3.63) is 11.9 Å². The zero-order chi connectivity index (χ0) is 19.5. The Bertz CT molecular complexity index is 820. The maximum absolute atomic E-state index is 11.9. The molecular formula is C12H18N6O7S. The lowest BCUT2D eigenvalue weighted by Crippen LogP contribution is -2.47. The largest absolute Gasteiger partial charge is 0.419 e. The number of aromatic nitrogens is 2. The first-order valence-electron chi connectivity index (χ1n) is 7.32. The molecule has 1 N–H and O–H groups in total. The second kappa shape index (κ2) is 7.67. The van der Waals surface area contributed by atoms with Crippen molar-refractivity contribution in [2.24, 2.45) is 12.2 Å². The number of oxime groups is 1. The number of aryl methyl sites for hydroxylation is 1. The van der Waals surface area contributed by atoms with E-state index in [1.165, 1.54) is 27.0 Å². The molecule has 0 saturated heterocycles. The number of rotatable bonds is 3. The van der Waals surface area contributed by atoms with Crippen LogP contribution in [-0.4, -0.2) is 71.0 Å². The number of likely N-dealkylation sites (N-methyl/N-ethyl adjacent to an activating group) is 1. The maximum Gasteiger partial charge on any atom is 0.419 e. The topological polar surface area (TPSA) is 147 Å². The molecule has 144 valence electrons. The molecule has 1 aromatic heterocycles. The molecule has 14 heteroatoms. The Morgan fingerprint density at radius 3 is 2.54 bits per heavy atom. The van der Waals surface area contributed by atoms with Crippen molar-refractivity contribution in [3.63, 3.8) is 0 Å². The van der Waals surface area contributed by atoms with Gasteiger partial charge in [-0.05, 0) is 6.92 Å². The van der Waals surface area contributed by atoms with Crippen LogP contribution >= 0.6 is 0 Å². The van der Waals surface area contributed by atoms with Crippen molar-refractivity contribution < 1.29 is 31.7 Å². The first kappa shape index (κ1) is 19.6. The average Bonchev–Trinajstić information content (AvgIpc) is 2.93. The number of fused-ring (bicyclic) bond motifs is 1. The van der Waals surface area contributed by atoms with Crippen LogP contribution in [0.5, 0.6) is 0 Å². The van der Waals surface area contributed by atoms with Gasteiger partial charge in [0, 0.05) is 20.6 Å². The Morgan fingerprint density at radius 2 is 2.04 bits per heavy atom. The second-order valence-electron chi connectivity index (χ2n) is 5.19. The third-order valence-electron chi connectivity index (χ3n) is 3.47. The lowest BCUT2D eigenvalue weighted by atomic mass is 10.3. The van der Waals surface area contributed by atoms with Gasteiger partial charge in [-0.25, -0.2) is 4.79 Å². The van der Waals surface area contributed by atoms with Gasteiger partial charge >= 0.3 is 16.4 Å². The van der Waals surface area contributed by atoms with E-state index >= 15 is 0 Å². The standard InChI is InChI=1S/C8H12N4O5S.C4H6N2O2/c1-3-11-5-7-6(4-9-10(7)2)12(8(11)13)17-18(14,15)16;1-6-3-5-8-2-4(6)7/h4H,3,5H2,1-2H3,(H,14,15,16);3H,2H2,1H3. The molecule has 0 unspecified atom stereocenters. The van der Waals surface area contributed by atoms with E-state index in [1.807, 2.05) is 0 Å². The number of anilines is 1. The maximum atomic E-state index is 11.9. The zero-order valence-corrected chi connectivity index (χ0v) is 15.1. The van der Waals surface area contributed by atoms with E-state index in [-0.39, 0.29) is 18.2 Å². The third-order valence-corrected chi connectivity index (χ3v) is 3.81. The predicted octanol–water partition coefficient (Wildman–Crippen LogP) is -0.665. The molecule has 3 amide bonds. The zero-order valence-electron chi connectivity index (χ0n) is 14.3. The molecule has 2 aliphatic heterocycles. The van der Waals surface area contributed by atoms with E-state index in [1.54, 1.807) is 21.0 Å². The molecule has 0 atom stereocenters. The van der Waals surface area contributed by atoms with Gasteiger partial charge in [-0.3, -0.25) is 14.0 Å². The van der Waals surface area contributed by atoms with Crippen LogP contribution in [0.4, 0.5) is 10.5 Å². The molecule has 3 rings (SSSR count). The number of carbonyl (C=O) groups is 2. The number of hydroxylamine groups is 1. The van der Waals surface area contributed by atoms with Crippen LogP contribution in [0.25, 0.3) is 0 Å². The lowest BCUT2D eigenvalue weighted by Gasteiger charge is -2.32. The van der Waals surface area contributed by atoms with E-state index in [0.29, 0.717) is 23.8 Å². The predicted molar refractivity (Wildman–Crippen MR) is 87.0 cm³/mol. The molecule has 0 bridgehead atoms. The van der Waals surface area contributed by atoms with Crippen molar-refractivity contribution >= 4 is 34.4 Å². The summed E-state index contributed by atoms with van der Waals surface area (Å²) in [6, 6.07) is -0.671. The SMILES string of the molecule is CCN1Cc2c(cnn2C)N(OS(=O)(=O)O)C1=O.CN1C=NOCC1=O. The van der Waals surface area contributed by atoms with E-state index < -0.39 is 16.4 Å². The van der Waals surface area contributed by atoms with Crippen molar-refractivity contribution in [1.29, 1.82) is 0 Å².